The van der Waals surface area contributed by atoms with Crippen molar-refractivity contribution in [2.24, 2.45) is 0 Å². The monoisotopic (exact) mass is 496 g/mol. The molecule has 5 aliphatic carbocycles. The van der Waals surface area contributed by atoms with E-state index in [4.69, 9.17) is 32.7 Å². The van der Waals surface area contributed by atoms with Gasteiger partial charge in [-0.25, -0.2) is 8.78 Å². The predicted molar refractivity (Wildman–Crippen MR) is 116 cm³/mol. The number of halogens is 4. The van der Waals surface area contributed by atoms with Crippen LogP contribution in [0.5, 0.6) is 0 Å². The summed E-state index contributed by atoms with van der Waals surface area (Å²) in [5.41, 5.74) is -0.614. The molecule has 6 nitrogen and oxygen atoms in total. The third-order valence-electron chi connectivity index (χ3n) is 7.43. The molecule has 32 heavy (non-hydrogen) atoms. The van der Waals surface area contributed by atoms with Crippen molar-refractivity contribution < 1.29 is 27.8 Å². The van der Waals surface area contributed by atoms with Gasteiger partial charge in [-0.15, -0.1) is 23.2 Å². The molecule has 2 amide bonds. The van der Waals surface area contributed by atoms with Crippen molar-refractivity contribution in [2.45, 2.75) is 111 Å². The minimum absolute atomic E-state index is 0.0692. The summed E-state index contributed by atoms with van der Waals surface area (Å²) in [4.78, 5) is 24.8. The molecule has 182 valence electrons. The maximum atomic E-state index is 13.7. The highest BCUT2D eigenvalue weighted by Gasteiger charge is 2.62. The van der Waals surface area contributed by atoms with E-state index in [1.165, 1.54) is 0 Å². The Bertz CT molecular complexity index is 653. The van der Waals surface area contributed by atoms with E-state index in [1.54, 1.807) is 0 Å². The largest absolute Gasteiger partial charge is 0.368 e. The molecule has 0 heterocycles. The zero-order valence-electron chi connectivity index (χ0n) is 18.1. The van der Waals surface area contributed by atoms with E-state index in [9.17, 15) is 18.4 Å². The van der Waals surface area contributed by atoms with Crippen molar-refractivity contribution >= 4 is 35.0 Å². The van der Waals surface area contributed by atoms with E-state index in [1.807, 2.05) is 0 Å². The average Bonchev–Trinajstić information content (AvgIpc) is 3.24. The summed E-state index contributed by atoms with van der Waals surface area (Å²) in [6, 6.07) is 0. The standard InChI is InChI=1S/C22H32Cl2F2N2O4/c23-15-3-1-14(8-18(15)26)32-10-20(30)28-22-6-5-21(11-22,12-22)27-19(29)9-31-13-2-4-17(25)16(24)7-13/h13-18H,1-12H2,(H,27,29)(H,28,30). The lowest BCUT2D eigenvalue weighted by atomic mass is 9.71. The normalized spacial score (nSPS) is 43.4. The number of carbonyl (C=O) groups excluding carboxylic acids is 2. The van der Waals surface area contributed by atoms with Gasteiger partial charge in [0.15, 0.2) is 0 Å². The highest BCUT2D eigenvalue weighted by atomic mass is 35.5. The molecule has 5 saturated carbocycles. The van der Waals surface area contributed by atoms with Gasteiger partial charge in [0.2, 0.25) is 11.8 Å². The van der Waals surface area contributed by atoms with Gasteiger partial charge in [0.05, 0.1) is 23.0 Å². The van der Waals surface area contributed by atoms with Gasteiger partial charge in [-0.05, 0) is 57.8 Å². The van der Waals surface area contributed by atoms with Crippen molar-refractivity contribution in [3.63, 3.8) is 0 Å². The van der Waals surface area contributed by atoms with Crippen LogP contribution in [0.2, 0.25) is 0 Å². The predicted octanol–water partition coefficient (Wildman–Crippen LogP) is 3.31. The second kappa shape index (κ2) is 9.88. The van der Waals surface area contributed by atoms with E-state index in [0.717, 1.165) is 12.8 Å². The SMILES string of the molecule is O=C(COC1CCC(Cl)C(F)C1)NC12CCC(NC(=O)COC3CCC(F)C(Cl)C3)(C1)C2. The number of carbonyl (C=O) groups is 2. The molecule has 2 N–H and O–H groups in total. The second-order valence-electron chi connectivity index (χ2n) is 10.1. The zero-order valence-corrected chi connectivity index (χ0v) is 19.6. The van der Waals surface area contributed by atoms with E-state index < -0.39 is 23.1 Å². The van der Waals surface area contributed by atoms with Crippen LogP contribution in [0, 0.1) is 0 Å². The maximum Gasteiger partial charge on any atom is 0.246 e. The zero-order chi connectivity index (χ0) is 22.9. The molecule has 5 aliphatic rings. The van der Waals surface area contributed by atoms with Crippen LogP contribution < -0.4 is 10.6 Å². The molecule has 10 heteroatoms. The smallest absolute Gasteiger partial charge is 0.246 e. The van der Waals surface area contributed by atoms with Crippen LogP contribution in [0.25, 0.3) is 0 Å². The van der Waals surface area contributed by atoms with Crippen molar-refractivity contribution in [1.29, 1.82) is 0 Å². The van der Waals surface area contributed by atoms with Gasteiger partial charge in [-0.1, -0.05) is 0 Å². The number of hydrogen-bond acceptors (Lipinski definition) is 4. The number of rotatable bonds is 8. The summed E-state index contributed by atoms with van der Waals surface area (Å²) in [7, 11) is 0. The number of ether oxygens (including phenoxy) is 2. The topological polar surface area (TPSA) is 76.7 Å². The maximum absolute atomic E-state index is 13.7. The molecule has 0 aromatic carbocycles. The van der Waals surface area contributed by atoms with Gasteiger partial charge in [0.1, 0.15) is 25.6 Å². The molecule has 0 spiro atoms. The van der Waals surface area contributed by atoms with Crippen LogP contribution in [0.1, 0.15) is 64.2 Å². The highest BCUT2D eigenvalue weighted by Crippen LogP contribution is 2.55. The van der Waals surface area contributed by atoms with Crippen LogP contribution >= 0.6 is 23.2 Å². The molecule has 0 aromatic rings. The van der Waals surface area contributed by atoms with Crippen molar-refractivity contribution in [3.8, 4) is 0 Å². The van der Waals surface area contributed by atoms with Crippen molar-refractivity contribution in [3.05, 3.63) is 0 Å². The van der Waals surface area contributed by atoms with Gasteiger partial charge < -0.3 is 20.1 Å². The molecular formula is C22H32Cl2F2N2O4. The minimum Gasteiger partial charge on any atom is -0.368 e. The molecule has 5 fully saturated rings. The molecule has 2 bridgehead atoms. The van der Waals surface area contributed by atoms with Crippen LogP contribution in [0.3, 0.4) is 0 Å². The van der Waals surface area contributed by atoms with Gasteiger partial charge in [-0.3, -0.25) is 9.59 Å². The average molecular weight is 497 g/mol. The summed E-state index contributed by atoms with van der Waals surface area (Å²) >= 11 is 11.8. The number of amides is 2. The number of alkyl halides is 4. The lowest BCUT2D eigenvalue weighted by molar-refractivity contribution is -0.133. The van der Waals surface area contributed by atoms with E-state index in [2.05, 4.69) is 10.6 Å². The van der Waals surface area contributed by atoms with Crippen LogP contribution in [0.4, 0.5) is 8.78 Å². The first kappa shape index (κ1) is 24.4. The molecule has 0 radical (unpaired) electrons. The summed E-state index contributed by atoms with van der Waals surface area (Å²) in [6.45, 7) is -0.164. The van der Waals surface area contributed by atoms with Crippen molar-refractivity contribution in [2.75, 3.05) is 13.2 Å². The van der Waals surface area contributed by atoms with Crippen LogP contribution in [0.15, 0.2) is 0 Å². The Morgan fingerprint density at radius 2 is 1.31 bits per heavy atom. The number of hydrogen-bond donors (Lipinski definition) is 2. The number of fused-ring (bicyclic) bond motifs is 1. The van der Waals surface area contributed by atoms with E-state index >= 15 is 0 Å². The van der Waals surface area contributed by atoms with E-state index in [-0.39, 0.29) is 54.7 Å². The first-order valence-corrected chi connectivity index (χ1v) is 12.5. The van der Waals surface area contributed by atoms with Crippen LogP contribution in [-0.4, -0.2) is 71.4 Å². The molecular weight excluding hydrogens is 465 g/mol. The van der Waals surface area contributed by atoms with E-state index in [0.29, 0.717) is 44.9 Å². The third kappa shape index (κ3) is 5.68. The highest BCUT2D eigenvalue weighted by molar-refractivity contribution is 6.21. The Hall–Kier alpha value is -0.700. The summed E-state index contributed by atoms with van der Waals surface area (Å²) in [5, 5.41) is 5.10. The third-order valence-corrected chi connectivity index (χ3v) is 8.38. The Labute approximate surface area is 197 Å². The summed E-state index contributed by atoms with van der Waals surface area (Å²) in [6.07, 6.45) is 3.15. The first-order valence-electron chi connectivity index (χ1n) is 11.6. The molecule has 0 saturated heterocycles. The molecule has 0 aliphatic heterocycles. The second-order valence-corrected chi connectivity index (χ2v) is 11.2. The molecule has 5 rings (SSSR count). The summed E-state index contributed by atoms with van der Waals surface area (Å²) in [5.74, 6) is -0.406. The van der Waals surface area contributed by atoms with Gasteiger partial charge in [0, 0.05) is 17.5 Å². The Morgan fingerprint density at radius 1 is 0.781 bits per heavy atom. The lowest BCUT2D eigenvalue weighted by Crippen LogP contribution is -2.65. The van der Waals surface area contributed by atoms with Gasteiger partial charge in [-0.2, -0.15) is 0 Å². The Morgan fingerprint density at radius 3 is 1.84 bits per heavy atom. The van der Waals surface area contributed by atoms with Gasteiger partial charge >= 0.3 is 0 Å². The fourth-order valence-electron chi connectivity index (χ4n) is 5.82. The Kier molecular flexibility index (Phi) is 7.54. The fraction of sp³-hybridized carbons (Fsp3) is 0.909. The van der Waals surface area contributed by atoms with Crippen molar-refractivity contribution in [1.82, 2.24) is 10.6 Å². The molecule has 6 atom stereocenters. The van der Waals surface area contributed by atoms with Crippen LogP contribution in [-0.2, 0) is 19.1 Å². The summed E-state index contributed by atoms with van der Waals surface area (Å²) < 4.78 is 38.4. The first-order chi connectivity index (χ1) is 15.2. The minimum atomic E-state index is -1.10. The van der Waals surface area contributed by atoms with Gasteiger partial charge in [0.25, 0.3) is 0 Å². The lowest BCUT2D eigenvalue weighted by Gasteiger charge is -2.48. The molecule has 6 unspecified atom stereocenters. The molecule has 0 aromatic heterocycles. The fourth-order valence-corrected chi connectivity index (χ4v) is 6.37. The number of nitrogens with one attached hydrogen (secondary N) is 2. The Balaban J connectivity index is 1.14. The quantitative estimate of drug-likeness (QED) is 0.505.